The Labute approximate surface area is 110 Å². The molecule has 0 aliphatic rings. The lowest BCUT2D eigenvalue weighted by Crippen LogP contribution is -2.20. The minimum atomic E-state index is -0.707. The summed E-state index contributed by atoms with van der Waals surface area (Å²) < 4.78 is 27.1. The number of hydrogen-bond donors (Lipinski definition) is 1. The molecule has 0 fully saturated rings. The fraction of sp³-hybridized carbons (Fsp3) is 0.231. The van der Waals surface area contributed by atoms with Crippen LogP contribution in [0.15, 0.2) is 30.6 Å². The third kappa shape index (κ3) is 2.96. The molecule has 2 aromatic heterocycles. The Morgan fingerprint density at radius 2 is 1.89 bits per heavy atom. The van der Waals surface area contributed by atoms with Crippen LogP contribution >= 0.6 is 0 Å². The summed E-state index contributed by atoms with van der Waals surface area (Å²) >= 11 is 0. The SMILES string of the molecule is CNc1nc(N(C)Cc2ccncc2)c(F)cc1F. The molecular formula is C13H14F2N4. The maximum Gasteiger partial charge on any atom is 0.168 e. The molecule has 0 aromatic carbocycles. The van der Waals surface area contributed by atoms with Crippen molar-refractivity contribution in [2.45, 2.75) is 6.54 Å². The van der Waals surface area contributed by atoms with Gasteiger partial charge in [0.05, 0.1) is 0 Å². The summed E-state index contributed by atoms with van der Waals surface area (Å²) in [5, 5.41) is 2.59. The summed E-state index contributed by atoms with van der Waals surface area (Å²) in [4.78, 5) is 9.47. The normalized spacial score (nSPS) is 10.3. The Morgan fingerprint density at radius 3 is 2.53 bits per heavy atom. The van der Waals surface area contributed by atoms with Gasteiger partial charge in [0.2, 0.25) is 0 Å². The molecule has 0 amide bonds. The van der Waals surface area contributed by atoms with Crippen LogP contribution < -0.4 is 10.2 Å². The second-order valence-corrected chi connectivity index (χ2v) is 4.09. The lowest BCUT2D eigenvalue weighted by molar-refractivity contribution is 0.573. The van der Waals surface area contributed by atoms with E-state index in [0.717, 1.165) is 11.6 Å². The molecule has 6 heteroatoms. The van der Waals surface area contributed by atoms with Crippen LogP contribution in [0.5, 0.6) is 0 Å². The first-order chi connectivity index (χ1) is 9.11. The van der Waals surface area contributed by atoms with E-state index < -0.39 is 11.6 Å². The number of pyridine rings is 2. The van der Waals surface area contributed by atoms with Crippen LogP contribution in [-0.2, 0) is 6.54 Å². The number of nitrogens with zero attached hydrogens (tertiary/aromatic N) is 3. The van der Waals surface area contributed by atoms with E-state index in [-0.39, 0.29) is 11.6 Å². The summed E-state index contributed by atoms with van der Waals surface area (Å²) in [6, 6.07) is 4.49. The van der Waals surface area contributed by atoms with E-state index in [1.54, 1.807) is 24.3 Å². The van der Waals surface area contributed by atoms with Gasteiger partial charge in [0.25, 0.3) is 0 Å². The summed E-state index contributed by atoms with van der Waals surface area (Å²) in [7, 11) is 3.24. The molecule has 0 spiro atoms. The standard InChI is InChI=1S/C13H14F2N4/c1-16-12-10(14)7-11(15)13(18-12)19(2)8-9-3-5-17-6-4-9/h3-7H,8H2,1-2H3,(H,16,18). The van der Waals surface area contributed by atoms with Gasteiger partial charge in [-0.05, 0) is 17.7 Å². The fourth-order valence-corrected chi connectivity index (χ4v) is 1.74. The Bertz CT molecular complexity index is 560. The van der Waals surface area contributed by atoms with E-state index >= 15 is 0 Å². The molecule has 2 aromatic rings. The molecule has 0 radical (unpaired) electrons. The molecule has 1 N–H and O–H groups in total. The molecule has 0 atom stereocenters. The van der Waals surface area contributed by atoms with Gasteiger partial charge in [-0.25, -0.2) is 13.8 Å². The minimum absolute atomic E-state index is 0.0259. The average Bonchev–Trinajstić information content (AvgIpc) is 2.40. The molecule has 4 nitrogen and oxygen atoms in total. The number of anilines is 2. The lowest BCUT2D eigenvalue weighted by Gasteiger charge is -2.19. The molecule has 0 unspecified atom stereocenters. The number of rotatable bonds is 4. The summed E-state index contributed by atoms with van der Waals surface area (Å²) in [5.74, 6) is -1.27. The van der Waals surface area contributed by atoms with Crippen LogP contribution in [0.3, 0.4) is 0 Å². The number of halogens is 2. The molecule has 0 bridgehead atoms. The Kier molecular flexibility index (Phi) is 3.89. The summed E-state index contributed by atoms with van der Waals surface area (Å²) in [6.07, 6.45) is 3.33. The van der Waals surface area contributed by atoms with Crippen LogP contribution in [0.2, 0.25) is 0 Å². The fourth-order valence-electron chi connectivity index (χ4n) is 1.74. The van der Waals surface area contributed by atoms with Crippen molar-refractivity contribution in [2.75, 3.05) is 24.3 Å². The van der Waals surface area contributed by atoms with Crippen LogP contribution in [0.1, 0.15) is 5.56 Å². The van der Waals surface area contributed by atoms with Gasteiger partial charge in [0, 0.05) is 39.1 Å². The quantitative estimate of drug-likeness (QED) is 0.920. The molecule has 2 heterocycles. The molecule has 0 aliphatic heterocycles. The molecule has 0 aliphatic carbocycles. The zero-order chi connectivity index (χ0) is 13.8. The molecule has 0 saturated carbocycles. The van der Waals surface area contributed by atoms with Crippen molar-refractivity contribution >= 4 is 11.6 Å². The van der Waals surface area contributed by atoms with Crippen LogP contribution in [-0.4, -0.2) is 24.1 Å². The topological polar surface area (TPSA) is 41.1 Å². The van der Waals surface area contributed by atoms with Crippen molar-refractivity contribution in [3.05, 3.63) is 47.8 Å². The third-order valence-electron chi connectivity index (χ3n) is 2.68. The highest BCUT2D eigenvalue weighted by atomic mass is 19.1. The second kappa shape index (κ2) is 5.60. The van der Waals surface area contributed by atoms with Gasteiger partial charge >= 0.3 is 0 Å². The van der Waals surface area contributed by atoms with Crippen molar-refractivity contribution in [1.82, 2.24) is 9.97 Å². The molecule has 100 valence electrons. The van der Waals surface area contributed by atoms with E-state index in [2.05, 4.69) is 15.3 Å². The zero-order valence-corrected chi connectivity index (χ0v) is 10.7. The first-order valence-corrected chi connectivity index (χ1v) is 5.75. The minimum Gasteiger partial charge on any atom is -0.371 e. The monoisotopic (exact) mass is 264 g/mol. The average molecular weight is 264 g/mol. The van der Waals surface area contributed by atoms with Gasteiger partial charge in [-0.3, -0.25) is 4.98 Å². The number of nitrogens with one attached hydrogen (secondary N) is 1. The third-order valence-corrected chi connectivity index (χ3v) is 2.68. The highest BCUT2D eigenvalue weighted by Gasteiger charge is 2.14. The van der Waals surface area contributed by atoms with Gasteiger partial charge in [-0.15, -0.1) is 0 Å². The van der Waals surface area contributed by atoms with Gasteiger partial charge in [0.15, 0.2) is 23.3 Å². The number of aromatic nitrogens is 2. The second-order valence-electron chi connectivity index (χ2n) is 4.09. The highest BCUT2D eigenvalue weighted by molar-refractivity contribution is 5.48. The highest BCUT2D eigenvalue weighted by Crippen LogP contribution is 2.22. The predicted molar refractivity (Wildman–Crippen MR) is 70.0 cm³/mol. The van der Waals surface area contributed by atoms with Crippen molar-refractivity contribution in [2.24, 2.45) is 0 Å². The van der Waals surface area contributed by atoms with Gasteiger partial charge in [-0.2, -0.15) is 0 Å². The van der Waals surface area contributed by atoms with Crippen LogP contribution in [0.4, 0.5) is 20.4 Å². The van der Waals surface area contributed by atoms with E-state index in [0.29, 0.717) is 6.54 Å². The molecule has 19 heavy (non-hydrogen) atoms. The first kappa shape index (κ1) is 13.2. The van der Waals surface area contributed by atoms with Crippen LogP contribution in [0.25, 0.3) is 0 Å². The smallest absolute Gasteiger partial charge is 0.168 e. The zero-order valence-electron chi connectivity index (χ0n) is 10.7. The maximum atomic E-state index is 13.7. The Balaban J connectivity index is 2.26. The van der Waals surface area contributed by atoms with E-state index in [1.807, 2.05) is 12.1 Å². The molecular weight excluding hydrogens is 250 g/mol. The molecule has 2 rings (SSSR count). The Morgan fingerprint density at radius 1 is 1.21 bits per heavy atom. The van der Waals surface area contributed by atoms with Crippen molar-refractivity contribution in [3.8, 4) is 0 Å². The molecule has 0 saturated heterocycles. The van der Waals surface area contributed by atoms with Crippen molar-refractivity contribution in [1.29, 1.82) is 0 Å². The maximum absolute atomic E-state index is 13.7. The van der Waals surface area contributed by atoms with Crippen molar-refractivity contribution < 1.29 is 8.78 Å². The summed E-state index contributed by atoms with van der Waals surface area (Å²) in [5.41, 5.74) is 0.967. The van der Waals surface area contributed by atoms with Crippen molar-refractivity contribution in [3.63, 3.8) is 0 Å². The number of hydrogen-bond acceptors (Lipinski definition) is 4. The van der Waals surface area contributed by atoms with Gasteiger partial charge in [-0.1, -0.05) is 0 Å². The van der Waals surface area contributed by atoms with E-state index in [9.17, 15) is 8.78 Å². The summed E-state index contributed by atoms with van der Waals surface area (Å²) in [6.45, 7) is 0.460. The largest absolute Gasteiger partial charge is 0.371 e. The first-order valence-electron chi connectivity index (χ1n) is 5.75. The predicted octanol–water partition coefficient (Wildman–Crippen LogP) is 2.43. The van der Waals surface area contributed by atoms with Gasteiger partial charge < -0.3 is 10.2 Å². The van der Waals surface area contributed by atoms with Crippen LogP contribution in [0, 0.1) is 11.6 Å². The van der Waals surface area contributed by atoms with E-state index in [1.165, 1.54) is 7.05 Å². The Hall–Kier alpha value is -2.24. The van der Waals surface area contributed by atoms with Gasteiger partial charge in [0.1, 0.15) is 0 Å². The van der Waals surface area contributed by atoms with E-state index in [4.69, 9.17) is 0 Å². The lowest BCUT2D eigenvalue weighted by atomic mass is 10.2.